The molecule has 1 heterocycles. The van der Waals surface area contributed by atoms with E-state index in [-0.39, 0.29) is 25.2 Å². The van der Waals surface area contributed by atoms with Crippen LogP contribution in [0.25, 0.3) is 0 Å². The number of fused-ring (bicyclic) bond motifs is 1. The van der Waals surface area contributed by atoms with E-state index in [1.165, 1.54) is 12.8 Å². The van der Waals surface area contributed by atoms with E-state index in [2.05, 4.69) is 17.2 Å². The third kappa shape index (κ3) is 3.81. The summed E-state index contributed by atoms with van der Waals surface area (Å²) in [5.74, 6) is 7.82. The van der Waals surface area contributed by atoms with Gasteiger partial charge in [-0.1, -0.05) is 11.8 Å². The molecule has 0 aromatic heterocycles. The highest BCUT2D eigenvalue weighted by molar-refractivity contribution is 6.04. The van der Waals surface area contributed by atoms with Gasteiger partial charge in [-0.25, -0.2) is 0 Å². The van der Waals surface area contributed by atoms with Gasteiger partial charge in [0.15, 0.2) is 17.6 Å². The van der Waals surface area contributed by atoms with E-state index in [0.29, 0.717) is 28.7 Å². The first-order valence-electron chi connectivity index (χ1n) is 8.68. The fourth-order valence-corrected chi connectivity index (χ4v) is 2.60. The highest BCUT2D eigenvalue weighted by Gasteiger charge is 2.21. The molecule has 0 saturated heterocycles. The summed E-state index contributed by atoms with van der Waals surface area (Å²) in [5, 5.41) is 12.0. The van der Waals surface area contributed by atoms with Gasteiger partial charge in [-0.15, -0.1) is 0 Å². The number of aliphatic hydroxyl groups excluding tert-OH is 1. The molecule has 2 aromatic rings. The molecule has 5 nitrogen and oxygen atoms in total. The molecule has 2 N–H and O–H groups in total. The van der Waals surface area contributed by atoms with E-state index in [1.807, 2.05) is 12.1 Å². The monoisotopic (exact) mass is 349 g/mol. The number of nitrogens with one attached hydrogen (secondary N) is 1. The van der Waals surface area contributed by atoms with Crippen molar-refractivity contribution >= 4 is 11.6 Å². The number of hydrogen-bond acceptors (Lipinski definition) is 4. The van der Waals surface area contributed by atoms with E-state index in [0.717, 1.165) is 5.56 Å². The summed E-state index contributed by atoms with van der Waals surface area (Å²) in [6.07, 6.45) is 2.04. The van der Waals surface area contributed by atoms with Crippen molar-refractivity contribution in [3.8, 4) is 23.3 Å². The van der Waals surface area contributed by atoms with Crippen LogP contribution in [0.4, 0.5) is 5.69 Å². The number of benzene rings is 2. The average molecular weight is 349 g/mol. The second kappa shape index (κ2) is 7.11. The third-order valence-corrected chi connectivity index (χ3v) is 4.27. The fourth-order valence-electron chi connectivity index (χ4n) is 2.60. The van der Waals surface area contributed by atoms with E-state index >= 15 is 0 Å². The van der Waals surface area contributed by atoms with Crippen LogP contribution in [-0.4, -0.2) is 30.3 Å². The highest BCUT2D eigenvalue weighted by atomic mass is 16.6. The van der Waals surface area contributed by atoms with E-state index in [1.54, 1.807) is 30.3 Å². The minimum absolute atomic E-state index is 0.0983. The molecule has 5 heteroatoms. The molecule has 2 aromatic carbocycles. The largest absolute Gasteiger partial charge is 0.486 e. The molecule has 1 aliphatic heterocycles. The summed E-state index contributed by atoms with van der Waals surface area (Å²) in [7, 11) is 0. The van der Waals surface area contributed by atoms with Gasteiger partial charge in [-0.3, -0.25) is 4.79 Å². The number of anilines is 1. The lowest BCUT2D eigenvalue weighted by molar-refractivity contribution is 0.0457. The van der Waals surface area contributed by atoms with Gasteiger partial charge in [0, 0.05) is 28.8 Å². The van der Waals surface area contributed by atoms with E-state index < -0.39 is 0 Å². The van der Waals surface area contributed by atoms with E-state index in [4.69, 9.17) is 14.6 Å². The van der Waals surface area contributed by atoms with Crippen molar-refractivity contribution in [3.05, 3.63) is 53.6 Å². The fraction of sp³-hybridized carbons (Fsp3) is 0.286. The zero-order valence-electron chi connectivity index (χ0n) is 14.2. The standard InChI is InChI=1S/C21H19NO4/c23-12-18-13-25-20-11-17(9-10-19(20)26-18)22-21(24)16-7-5-15(6-8-16)4-3-14-1-2-14/h5-11,14,18,23H,1-2,12-13H2,(H,22,24)/t18-/m0/s1. The molecule has 1 aliphatic carbocycles. The Labute approximate surface area is 151 Å². The maximum atomic E-state index is 12.4. The lowest BCUT2D eigenvalue weighted by Gasteiger charge is -2.25. The van der Waals surface area contributed by atoms with Gasteiger partial charge >= 0.3 is 0 Å². The smallest absolute Gasteiger partial charge is 0.255 e. The molecular weight excluding hydrogens is 330 g/mol. The van der Waals surface area contributed by atoms with Crippen molar-refractivity contribution in [2.24, 2.45) is 5.92 Å². The Morgan fingerprint density at radius 2 is 1.96 bits per heavy atom. The normalized spacial score (nSPS) is 17.8. The molecule has 1 atom stereocenters. The number of carbonyl (C=O) groups is 1. The summed E-state index contributed by atoms with van der Waals surface area (Å²) < 4.78 is 11.2. The van der Waals surface area contributed by atoms with Crippen LogP contribution in [0.1, 0.15) is 28.8 Å². The number of amides is 1. The molecule has 0 bridgehead atoms. The Bertz CT molecular complexity index is 875. The Morgan fingerprint density at radius 3 is 2.69 bits per heavy atom. The Morgan fingerprint density at radius 1 is 1.15 bits per heavy atom. The van der Waals surface area contributed by atoms with Gasteiger partial charge in [0.2, 0.25) is 0 Å². The van der Waals surface area contributed by atoms with Crippen LogP contribution in [0.2, 0.25) is 0 Å². The summed E-state index contributed by atoms with van der Waals surface area (Å²) in [6.45, 7) is 0.184. The van der Waals surface area contributed by atoms with Crippen molar-refractivity contribution in [1.29, 1.82) is 0 Å². The third-order valence-electron chi connectivity index (χ3n) is 4.27. The Kier molecular flexibility index (Phi) is 4.51. The maximum Gasteiger partial charge on any atom is 0.255 e. The lowest BCUT2D eigenvalue weighted by Crippen LogP contribution is -2.32. The quantitative estimate of drug-likeness (QED) is 0.836. The maximum absolute atomic E-state index is 12.4. The lowest BCUT2D eigenvalue weighted by atomic mass is 10.1. The number of aliphatic hydroxyl groups is 1. The molecule has 0 unspecified atom stereocenters. The molecule has 26 heavy (non-hydrogen) atoms. The molecule has 1 saturated carbocycles. The first-order valence-corrected chi connectivity index (χ1v) is 8.68. The van der Waals surface area contributed by atoms with Crippen LogP contribution in [0.3, 0.4) is 0 Å². The summed E-state index contributed by atoms with van der Waals surface area (Å²) in [5.41, 5.74) is 2.11. The van der Waals surface area contributed by atoms with Gasteiger partial charge < -0.3 is 19.9 Å². The molecular formula is C21H19NO4. The minimum atomic E-state index is -0.357. The molecule has 4 rings (SSSR count). The predicted octanol–water partition coefficient (Wildman–Crippen LogP) is 2.83. The average Bonchev–Trinajstić information content (AvgIpc) is 3.51. The highest BCUT2D eigenvalue weighted by Crippen LogP contribution is 2.34. The van der Waals surface area contributed by atoms with Crippen LogP contribution in [-0.2, 0) is 0 Å². The zero-order valence-corrected chi connectivity index (χ0v) is 14.2. The first kappa shape index (κ1) is 16.5. The van der Waals surface area contributed by atoms with Crippen LogP contribution >= 0.6 is 0 Å². The van der Waals surface area contributed by atoms with Crippen molar-refractivity contribution in [2.45, 2.75) is 18.9 Å². The van der Waals surface area contributed by atoms with Crippen molar-refractivity contribution in [2.75, 3.05) is 18.5 Å². The molecule has 132 valence electrons. The van der Waals surface area contributed by atoms with Gasteiger partial charge in [0.05, 0.1) is 6.61 Å². The van der Waals surface area contributed by atoms with Gasteiger partial charge in [-0.2, -0.15) is 0 Å². The van der Waals surface area contributed by atoms with Crippen LogP contribution in [0.15, 0.2) is 42.5 Å². The molecule has 1 amide bonds. The van der Waals surface area contributed by atoms with Crippen molar-refractivity contribution in [3.63, 3.8) is 0 Å². The Balaban J connectivity index is 1.42. The topological polar surface area (TPSA) is 67.8 Å². The summed E-state index contributed by atoms with van der Waals surface area (Å²) >= 11 is 0. The second-order valence-electron chi connectivity index (χ2n) is 6.47. The molecule has 0 radical (unpaired) electrons. The van der Waals surface area contributed by atoms with Crippen molar-refractivity contribution < 1.29 is 19.4 Å². The number of rotatable bonds is 3. The van der Waals surface area contributed by atoms with Gasteiger partial charge in [0.25, 0.3) is 5.91 Å². The first-order chi connectivity index (χ1) is 12.7. The minimum Gasteiger partial charge on any atom is -0.486 e. The number of carbonyl (C=O) groups excluding carboxylic acids is 1. The molecule has 1 fully saturated rings. The van der Waals surface area contributed by atoms with Crippen molar-refractivity contribution in [1.82, 2.24) is 0 Å². The zero-order chi connectivity index (χ0) is 17.9. The molecule has 2 aliphatic rings. The SMILES string of the molecule is O=C(Nc1ccc2c(c1)OC[C@H](CO)O2)c1ccc(C#CC2CC2)cc1. The van der Waals surface area contributed by atoms with Gasteiger partial charge in [0.1, 0.15) is 6.61 Å². The van der Waals surface area contributed by atoms with Crippen LogP contribution in [0, 0.1) is 17.8 Å². The molecule has 0 spiro atoms. The predicted molar refractivity (Wildman–Crippen MR) is 97.4 cm³/mol. The van der Waals surface area contributed by atoms with E-state index in [9.17, 15) is 4.79 Å². The Hall–Kier alpha value is -2.97. The van der Waals surface area contributed by atoms with Crippen LogP contribution < -0.4 is 14.8 Å². The number of hydrogen-bond donors (Lipinski definition) is 2. The second-order valence-corrected chi connectivity index (χ2v) is 6.47. The summed E-state index contributed by atoms with van der Waals surface area (Å²) in [6, 6.07) is 12.5. The van der Waals surface area contributed by atoms with Gasteiger partial charge in [-0.05, 0) is 49.2 Å². The summed E-state index contributed by atoms with van der Waals surface area (Å²) in [4.78, 5) is 12.4. The van der Waals surface area contributed by atoms with Crippen LogP contribution in [0.5, 0.6) is 11.5 Å². The number of ether oxygens (including phenoxy) is 2.